The average molecular weight is 181 g/mol. The first-order valence-corrected chi connectivity index (χ1v) is 4.16. The summed E-state index contributed by atoms with van der Waals surface area (Å²) in [5.41, 5.74) is 6.14. The van der Waals surface area contributed by atoms with E-state index >= 15 is 0 Å². The number of ketones is 1. The van der Waals surface area contributed by atoms with Crippen molar-refractivity contribution in [1.82, 2.24) is 0 Å². The maximum absolute atomic E-state index is 12.4. The Bertz CT molecular complexity index is 299. The second-order valence-electron chi connectivity index (χ2n) is 2.75. The zero-order valence-corrected chi connectivity index (χ0v) is 7.29. The van der Waals surface area contributed by atoms with E-state index in [4.69, 9.17) is 5.73 Å². The van der Waals surface area contributed by atoms with E-state index in [-0.39, 0.29) is 12.2 Å². The molecule has 1 aromatic rings. The summed E-state index contributed by atoms with van der Waals surface area (Å²) in [5.74, 6) is -0.0873. The SMILES string of the molecule is NCCC(=O)c1ccccc1CF. The number of halogens is 1. The zero-order chi connectivity index (χ0) is 9.68. The highest BCUT2D eigenvalue weighted by atomic mass is 19.1. The van der Waals surface area contributed by atoms with Gasteiger partial charge in [0, 0.05) is 12.0 Å². The molecule has 70 valence electrons. The molecule has 3 heteroatoms. The highest BCUT2D eigenvalue weighted by Gasteiger charge is 2.08. The molecule has 0 saturated heterocycles. The van der Waals surface area contributed by atoms with Crippen molar-refractivity contribution in [2.45, 2.75) is 13.1 Å². The Morgan fingerprint density at radius 3 is 2.69 bits per heavy atom. The van der Waals surface area contributed by atoms with Gasteiger partial charge in [-0.05, 0) is 12.1 Å². The molecular formula is C10H12FNO. The summed E-state index contributed by atoms with van der Waals surface area (Å²) in [6, 6.07) is 6.69. The van der Waals surface area contributed by atoms with Gasteiger partial charge in [-0.2, -0.15) is 0 Å². The minimum atomic E-state index is -0.605. The lowest BCUT2D eigenvalue weighted by atomic mass is 10.0. The maximum Gasteiger partial charge on any atom is 0.164 e. The Hall–Kier alpha value is -1.22. The van der Waals surface area contributed by atoms with E-state index in [0.717, 1.165) is 0 Å². The van der Waals surface area contributed by atoms with Gasteiger partial charge in [0.1, 0.15) is 6.67 Å². The molecule has 0 heterocycles. The molecular weight excluding hydrogens is 169 g/mol. The number of hydrogen-bond acceptors (Lipinski definition) is 2. The fourth-order valence-electron chi connectivity index (χ4n) is 1.17. The number of Topliss-reactive ketones (excluding diaryl/α,β-unsaturated/α-hetero) is 1. The third-order valence-electron chi connectivity index (χ3n) is 1.83. The van der Waals surface area contributed by atoms with Crippen LogP contribution in [0.2, 0.25) is 0 Å². The van der Waals surface area contributed by atoms with Crippen molar-refractivity contribution < 1.29 is 9.18 Å². The van der Waals surface area contributed by atoms with Crippen molar-refractivity contribution in [3.05, 3.63) is 35.4 Å². The van der Waals surface area contributed by atoms with Crippen LogP contribution in [-0.4, -0.2) is 12.3 Å². The van der Waals surface area contributed by atoms with E-state index in [0.29, 0.717) is 17.7 Å². The van der Waals surface area contributed by atoms with Crippen LogP contribution in [0.1, 0.15) is 22.3 Å². The smallest absolute Gasteiger partial charge is 0.164 e. The van der Waals surface area contributed by atoms with E-state index in [9.17, 15) is 9.18 Å². The second-order valence-corrected chi connectivity index (χ2v) is 2.75. The van der Waals surface area contributed by atoms with Crippen molar-refractivity contribution in [3.8, 4) is 0 Å². The first-order chi connectivity index (χ1) is 6.29. The van der Waals surface area contributed by atoms with E-state index in [1.807, 2.05) is 0 Å². The van der Waals surface area contributed by atoms with Crippen LogP contribution in [0.3, 0.4) is 0 Å². The molecule has 2 N–H and O–H groups in total. The summed E-state index contributed by atoms with van der Waals surface area (Å²) in [4.78, 5) is 11.4. The maximum atomic E-state index is 12.4. The van der Waals surface area contributed by atoms with Crippen LogP contribution in [0.4, 0.5) is 4.39 Å². The molecule has 0 unspecified atom stereocenters. The lowest BCUT2D eigenvalue weighted by molar-refractivity contribution is 0.0984. The van der Waals surface area contributed by atoms with Gasteiger partial charge in [0.2, 0.25) is 0 Å². The molecule has 0 bridgehead atoms. The summed E-state index contributed by atoms with van der Waals surface area (Å²) in [6.45, 7) is -0.300. The molecule has 0 saturated carbocycles. The van der Waals surface area contributed by atoms with Crippen molar-refractivity contribution in [2.75, 3.05) is 6.54 Å². The molecule has 1 rings (SSSR count). The lowest BCUT2D eigenvalue weighted by Crippen LogP contribution is -2.09. The van der Waals surface area contributed by atoms with Gasteiger partial charge in [-0.3, -0.25) is 4.79 Å². The summed E-state index contributed by atoms with van der Waals surface area (Å²) in [5, 5.41) is 0. The predicted octanol–water partition coefficient (Wildman–Crippen LogP) is 1.69. The predicted molar refractivity (Wildman–Crippen MR) is 49.3 cm³/mol. The number of rotatable bonds is 4. The molecule has 2 nitrogen and oxygen atoms in total. The van der Waals surface area contributed by atoms with E-state index in [2.05, 4.69) is 0 Å². The first kappa shape index (κ1) is 9.86. The Balaban J connectivity index is 2.92. The van der Waals surface area contributed by atoms with Crippen molar-refractivity contribution in [2.24, 2.45) is 5.73 Å². The molecule has 1 aromatic carbocycles. The topological polar surface area (TPSA) is 43.1 Å². The summed E-state index contributed by atoms with van der Waals surface area (Å²) in [7, 11) is 0. The zero-order valence-electron chi connectivity index (χ0n) is 7.29. The van der Waals surface area contributed by atoms with E-state index < -0.39 is 6.67 Å². The average Bonchev–Trinajstić information content (AvgIpc) is 2.18. The van der Waals surface area contributed by atoms with Crippen LogP contribution in [0.15, 0.2) is 24.3 Å². The van der Waals surface area contributed by atoms with Crippen LogP contribution in [-0.2, 0) is 6.67 Å². The van der Waals surface area contributed by atoms with Gasteiger partial charge in [-0.15, -0.1) is 0 Å². The molecule has 0 radical (unpaired) electrons. The lowest BCUT2D eigenvalue weighted by Gasteiger charge is -2.03. The van der Waals surface area contributed by atoms with Gasteiger partial charge in [-0.1, -0.05) is 24.3 Å². The monoisotopic (exact) mass is 181 g/mol. The van der Waals surface area contributed by atoms with Gasteiger partial charge in [0.05, 0.1) is 0 Å². The minimum Gasteiger partial charge on any atom is -0.330 e. The third kappa shape index (κ3) is 2.36. The molecule has 0 spiro atoms. The highest BCUT2D eigenvalue weighted by Crippen LogP contribution is 2.11. The Morgan fingerprint density at radius 1 is 1.38 bits per heavy atom. The molecule has 0 atom stereocenters. The Morgan fingerprint density at radius 2 is 2.08 bits per heavy atom. The third-order valence-corrected chi connectivity index (χ3v) is 1.83. The highest BCUT2D eigenvalue weighted by molar-refractivity contribution is 5.97. The number of hydrogen-bond donors (Lipinski definition) is 1. The number of nitrogens with two attached hydrogens (primary N) is 1. The fraction of sp³-hybridized carbons (Fsp3) is 0.300. The van der Waals surface area contributed by atoms with Crippen molar-refractivity contribution in [1.29, 1.82) is 0 Å². The summed E-state index contributed by atoms with van der Waals surface area (Å²) >= 11 is 0. The molecule has 0 fully saturated rings. The molecule has 0 aliphatic carbocycles. The normalized spacial score (nSPS) is 10.0. The van der Waals surface area contributed by atoms with Crippen LogP contribution in [0.25, 0.3) is 0 Å². The summed E-state index contributed by atoms with van der Waals surface area (Å²) < 4.78 is 12.4. The fourth-order valence-corrected chi connectivity index (χ4v) is 1.17. The van der Waals surface area contributed by atoms with Gasteiger partial charge >= 0.3 is 0 Å². The van der Waals surface area contributed by atoms with Gasteiger partial charge in [-0.25, -0.2) is 4.39 Å². The number of carbonyl (C=O) groups excluding carboxylic acids is 1. The first-order valence-electron chi connectivity index (χ1n) is 4.16. The quantitative estimate of drug-likeness (QED) is 0.718. The van der Waals surface area contributed by atoms with Gasteiger partial charge in [0.25, 0.3) is 0 Å². The molecule has 0 aliphatic heterocycles. The summed E-state index contributed by atoms with van der Waals surface area (Å²) in [6.07, 6.45) is 0.275. The van der Waals surface area contributed by atoms with Crippen LogP contribution in [0.5, 0.6) is 0 Å². The molecule has 0 aliphatic rings. The van der Waals surface area contributed by atoms with Crippen LogP contribution < -0.4 is 5.73 Å². The molecule has 0 amide bonds. The minimum absolute atomic E-state index is 0.0873. The number of carbonyl (C=O) groups is 1. The van der Waals surface area contributed by atoms with Crippen molar-refractivity contribution >= 4 is 5.78 Å². The van der Waals surface area contributed by atoms with Gasteiger partial charge in [0.15, 0.2) is 5.78 Å². The molecule has 0 aromatic heterocycles. The Kier molecular flexibility index (Phi) is 3.58. The van der Waals surface area contributed by atoms with Crippen molar-refractivity contribution in [3.63, 3.8) is 0 Å². The second kappa shape index (κ2) is 4.72. The molecule has 13 heavy (non-hydrogen) atoms. The standard InChI is InChI=1S/C10H12FNO/c11-7-8-3-1-2-4-9(8)10(13)5-6-12/h1-4H,5-7,12H2. The largest absolute Gasteiger partial charge is 0.330 e. The van der Waals surface area contributed by atoms with Gasteiger partial charge < -0.3 is 5.73 Å². The van der Waals surface area contributed by atoms with E-state index in [1.54, 1.807) is 24.3 Å². The number of benzene rings is 1. The van der Waals surface area contributed by atoms with E-state index in [1.165, 1.54) is 0 Å². The number of alkyl halides is 1. The van der Waals surface area contributed by atoms with Crippen LogP contribution >= 0.6 is 0 Å². The van der Waals surface area contributed by atoms with Crippen LogP contribution in [0, 0.1) is 0 Å². The Labute approximate surface area is 76.6 Å².